The number of pyridine rings is 1. The number of para-hydroxylation sites is 1. The maximum Gasteiger partial charge on any atom is 0.125 e. The maximum atomic E-state index is 7.73. The second-order valence-corrected chi connectivity index (χ2v) is 6.39. The van der Waals surface area contributed by atoms with Crippen molar-refractivity contribution >= 4 is 28.5 Å². The first-order valence-corrected chi connectivity index (χ1v) is 7.27. The van der Waals surface area contributed by atoms with Crippen LogP contribution in [0.3, 0.4) is 0 Å². The topological polar surface area (TPSA) is 62.8 Å². The Morgan fingerprint density at radius 1 is 1.26 bits per heavy atom. The molecule has 0 amide bonds. The number of benzene rings is 1. The van der Waals surface area contributed by atoms with Gasteiger partial charge in [0.15, 0.2) is 0 Å². The Balaban J connectivity index is 2.59. The number of nitrogens with one attached hydrogen (secondary N) is 1. The molecule has 0 fully saturated rings. The Kier molecular flexibility index (Phi) is 4.10. The second kappa shape index (κ2) is 5.61. The third-order valence-electron chi connectivity index (χ3n) is 3.26. The van der Waals surface area contributed by atoms with Gasteiger partial charge in [-0.2, -0.15) is 0 Å². The van der Waals surface area contributed by atoms with E-state index in [4.69, 9.17) is 11.1 Å². The molecule has 0 aliphatic carbocycles. The average molecular weight is 273 g/mol. The first kappa shape index (κ1) is 13.9. The molecule has 0 aliphatic heterocycles. The summed E-state index contributed by atoms with van der Waals surface area (Å²) in [5, 5.41) is 9.27. The van der Waals surface area contributed by atoms with Crippen LogP contribution in [0.15, 0.2) is 35.4 Å². The molecule has 0 saturated heterocycles. The van der Waals surface area contributed by atoms with Gasteiger partial charge in [0.2, 0.25) is 0 Å². The van der Waals surface area contributed by atoms with Crippen LogP contribution in [0.4, 0.5) is 0 Å². The van der Waals surface area contributed by atoms with Gasteiger partial charge < -0.3 is 5.73 Å². The van der Waals surface area contributed by atoms with Crippen molar-refractivity contribution in [1.29, 1.82) is 5.41 Å². The third kappa shape index (κ3) is 2.89. The highest BCUT2D eigenvalue weighted by atomic mass is 32.2. The molecule has 1 atom stereocenters. The SMILES string of the molecule is CC(C)C(C)Sc1c(C(=N)N)cnc2ccccc12. The smallest absolute Gasteiger partial charge is 0.125 e. The second-order valence-electron chi connectivity index (χ2n) is 5.00. The van der Waals surface area contributed by atoms with Crippen molar-refractivity contribution in [2.45, 2.75) is 30.9 Å². The lowest BCUT2D eigenvalue weighted by Crippen LogP contribution is -2.14. The quantitative estimate of drug-likeness (QED) is 0.507. The molecular weight excluding hydrogens is 254 g/mol. The summed E-state index contributed by atoms with van der Waals surface area (Å²) >= 11 is 1.78. The van der Waals surface area contributed by atoms with E-state index in [-0.39, 0.29) is 5.84 Å². The largest absolute Gasteiger partial charge is 0.384 e. The lowest BCUT2D eigenvalue weighted by molar-refractivity contribution is 0.642. The molecule has 2 aromatic rings. The first-order chi connectivity index (χ1) is 9.00. The average Bonchev–Trinajstić information content (AvgIpc) is 2.38. The minimum atomic E-state index is 0.0803. The van der Waals surface area contributed by atoms with Crippen molar-refractivity contribution in [1.82, 2.24) is 4.98 Å². The molecule has 1 aromatic heterocycles. The molecule has 4 heteroatoms. The molecule has 0 saturated carbocycles. The molecular formula is C15H19N3S. The lowest BCUT2D eigenvalue weighted by Gasteiger charge is -2.18. The molecule has 1 aromatic carbocycles. The fourth-order valence-corrected chi connectivity index (χ4v) is 2.99. The Hall–Kier alpha value is -1.55. The minimum Gasteiger partial charge on any atom is -0.384 e. The number of fused-ring (bicyclic) bond motifs is 1. The van der Waals surface area contributed by atoms with E-state index in [1.165, 1.54) is 0 Å². The molecule has 2 rings (SSSR count). The molecule has 100 valence electrons. The highest BCUT2D eigenvalue weighted by Gasteiger charge is 2.16. The van der Waals surface area contributed by atoms with Crippen molar-refractivity contribution in [3.63, 3.8) is 0 Å². The van der Waals surface area contributed by atoms with Gasteiger partial charge in [0.05, 0.1) is 5.52 Å². The number of nitrogens with zero attached hydrogens (tertiary/aromatic N) is 1. The van der Waals surface area contributed by atoms with E-state index >= 15 is 0 Å². The number of nitrogens with two attached hydrogens (primary N) is 1. The van der Waals surface area contributed by atoms with E-state index in [1.54, 1.807) is 18.0 Å². The summed E-state index contributed by atoms with van der Waals surface area (Å²) < 4.78 is 0. The fourth-order valence-electron chi connectivity index (χ4n) is 1.76. The number of rotatable bonds is 4. The van der Waals surface area contributed by atoms with Gasteiger partial charge in [0.25, 0.3) is 0 Å². The zero-order chi connectivity index (χ0) is 14.0. The van der Waals surface area contributed by atoms with E-state index in [9.17, 15) is 0 Å². The van der Waals surface area contributed by atoms with E-state index in [2.05, 4.69) is 25.8 Å². The van der Waals surface area contributed by atoms with E-state index in [0.717, 1.165) is 21.4 Å². The predicted molar refractivity (Wildman–Crippen MR) is 82.9 cm³/mol. The van der Waals surface area contributed by atoms with Gasteiger partial charge in [-0.15, -0.1) is 11.8 Å². The lowest BCUT2D eigenvalue weighted by atomic mass is 10.1. The molecule has 0 bridgehead atoms. The number of hydrogen-bond acceptors (Lipinski definition) is 3. The van der Waals surface area contributed by atoms with Crippen molar-refractivity contribution in [3.8, 4) is 0 Å². The first-order valence-electron chi connectivity index (χ1n) is 6.39. The summed E-state index contributed by atoms with van der Waals surface area (Å²) in [7, 11) is 0. The van der Waals surface area contributed by atoms with Crippen LogP contribution in [0.1, 0.15) is 26.3 Å². The predicted octanol–water partition coefficient (Wildman–Crippen LogP) is 3.66. The van der Waals surface area contributed by atoms with Crippen LogP contribution in [0, 0.1) is 11.3 Å². The van der Waals surface area contributed by atoms with Gasteiger partial charge in [-0.3, -0.25) is 10.4 Å². The van der Waals surface area contributed by atoms with Crippen molar-refractivity contribution in [2.24, 2.45) is 11.7 Å². The van der Waals surface area contributed by atoms with Crippen LogP contribution >= 0.6 is 11.8 Å². The van der Waals surface area contributed by atoms with Crippen molar-refractivity contribution in [3.05, 3.63) is 36.0 Å². The minimum absolute atomic E-state index is 0.0803. The number of amidine groups is 1. The number of thioether (sulfide) groups is 1. The van der Waals surface area contributed by atoms with Gasteiger partial charge in [-0.25, -0.2) is 0 Å². The number of hydrogen-bond donors (Lipinski definition) is 2. The van der Waals surface area contributed by atoms with Crippen molar-refractivity contribution < 1.29 is 0 Å². The summed E-state index contributed by atoms with van der Waals surface area (Å²) in [6, 6.07) is 8.01. The van der Waals surface area contributed by atoms with Crippen LogP contribution in [0.2, 0.25) is 0 Å². The van der Waals surface area contributed by atoms with Crippen LogP contribution in [-0.2, 0) is 0 Å². The molecule has 1 unspecified atom stereocenters. The Labute approximate surface area is 118 Å². The molecule has 0 aliphatic rings. The van der Waals surface area contributed by atoms with Gasteiger partial charge in [0.1, 0.15) is 5.84 Å². The Morgan fingerprint density at radius 3 is 2.58 bits per heavy atom. The molecule has 1 heterocycles. The van der Waals surface area contributed by atoms with E-state index < -0.39 is 0 Å². The van der Waals surface area contributed by atoms with E-state index in [0.29, 0.717) is 11.2 Å². The van der Waals surface area contributed by atoms with Gasteiger partial charge in [-0.05, 0) is 12.0 Å². The monoisotopic (exact) mass is 273 g/mol. The van der Waals surface area contributed by atoms with E-state index in [1.807, 2.05) is 24.3 Å². The molecule has 0 spiro atoms. The zero-order valence-corrected chi connectivity index (χ0v) is 12.3. The highest BCUT2D eigenvalue weighted by molar-refractivity contribution is 8.00. The van der Waals surface area contributed by atoms with Crippen LogP contribution < -0.4 is 5.73 Å². The molecule has 0 radical (unpaired) electrons. The molecule has 19 heavy (non-hydrogen) atoms. The Morgan fingerprint density at radius 2 is 1.95 bits per heavy atom. The standard InChI is InChI=1S/C15H19N3S/c1-9(2)10(3)19-14-11-6-4-5-7-13(11)18-8-12(14)15(16)17/h4-10H,1-3H3,(H3,16,17). The summed E-state index contributed by atoms with van der Waals surface area (Å²) in [5.74, 6) is 0.647. The third-order valence-corrected chi connectivity index (χ3v) is 4.85. The van der Waals surface area contributed by atoms with Crippen molar-refractivity contribution in [2.75, 3.05) is 0 Å². The summed E-state index contributed by atoms with van der Waals surface area (Å²) in [6.07, 6.45) is 1.71. The van der Waals surface area contributed by atoms with Crippen LogP contribution in [0.5, 0.6) is 0 Å². The highest BCUT2D eigenvalue weighted by Crippen LogP contribution is 2.35. The van der Waals surface area contributed by atoms with Crippen LogP contribution in [0.25, 0.3) is 10.9 Å². The zero-order valence-electron chi connectivity index (χ0n) is 11.5. The molecule has 3 nitrogen and oxygen atoms in total. The summed E-state index contributed by atoms with van der Waals surface area (Å²) in [4.78, 5) is 5.45. The van der Waals surface area contributed by atoms with Crippen LogP contribution in [-0.4, -0.2) is 16.1 Å². The number of aromatic nitrogens is 1. The Bertz CT molecular complexity index is 607. The normalized spacial score (nSPS) is 12.8. The summed E-state index contributed by atoms with van der Waals surface area (Å²) in [5.41, 5.74) is 7.37. The van der Waals surface area contributed by atoms with Gasteiger partial charge in [-0.1, -0.05) is 39.0 Å². The van der Waals surface area contributed by atoms with Gasteiger partial charge >= 0.3 is 0 Å². The van der Waals surface area contributed by atoms with Gasteiger partial charge in [0, 0.05) is 27.3 Å². The fraction of sp³-hybridized carbons (Fsp3) is 0.333. The maximum absolute atomic E-state index is 7.73. The number of nitrogen functional groups attached to an aromatic ring is 1. The molecule has 3 N–H and O–H groups in total. The summed E-state index contributed by atoms with van der Waals surface area (Å²) in [6.45, 7) is 6.61.